The van der Waals surface area contributed by atoms with Crippen molar-refractivity contribution in [2.45, 2.75) is 44.9 Å². The second-order valence-corrected chi connectivity index (χ2v) is 16.8. The summed E-state index contributed by atoms with van der Waals surface area (Å²) < 4.78 is 0. The van der Waals surface area contributed by atoms with E-state index in [0.717, 1.165) is 12.0 Å². The zero-order valence-corrected chi connectivity index (χ0v) is 35.5. The van der Waals surface area contributed by atoms with Crippen molar-refractivity contribution in [1.29, 1.82) is 5.41 Å². The van der Waals surface area contributed by atoms with Gasteiger partial charge in [-0.2, -0.15) is 0 Å². The van der Waals surface area contributed by atoms with E-state index in [1.807, 2.05) is 24.3 Å². The van der Waals surface area contributed by atoms with Crippen molar-refractivity contribution in [3.05, 3.63) is 262 Å². The molecule has 1 heteroatoms. The first-order valence-corrected chi connectivity index (χ1v) is 21.5. The number of hydrogen-bond acceptors (Lipinski definition) is 1. The maximum absolute atomic E-state index is 8.39. The Morgan fingerprint density at radius 2 is 0.934 bits per heavy atom. The minimum Gasteiger partial charge on any atom is -0.308 e. The summed E-state index contributed by atoms with van der Waals surface area (Å²) in [5.74, 6) is 0. The Labute approximate surface area is 361 Å². The van der Waals surface area contributed by atoms with E-state index in [9.17, 15) is 0 Å². The van der Waals surface area contributed by atoms with E-state index in [4.69, 9.17) is 5.41 Å². The predicted octanol–water partition coefficient (Wildman–Crippen LogP) is 15.4. The summed E-state index contributed by atoms with van der Waals surface area (Å²) in [7, 11) is 0. The molecular weight excluding hydrogens is 735 g/mol. The highest BCUT2D eigenvalue weighted by Gasteiger charge is 2.53. The molecule has 2 aliphatic rings. The van der Waals surface area contributed by atoms with Crippen LogP contribution >= 0.6 is 0 Å². The van der Waals surface area contributed by atoms with Crippen molar-refractivity contribution in [1.82, 2.24) is 0 Å². The van der Waals surface area contributed by atoms with E-state index in [1.165, 1.54) is 94.9 Å². The molecule has 0 radical (unpaired) electrons. The quantitative estimate of drug-likeness (QED) is 0.172. The third-order valence-electron chi connectivity index (χ3n) is 12.9. The predicted molar refractivity (Wildman–Crippen MR) is 259 cm³/mol. The number of nitrogens with one attached hydrogen (secondary N) is 1. The van der Waals surface area contributed by atoms with Crippen LogP contribution in [0.1, 0.15) is 70.8 Å². The molecule has 0 unspecified atom stereocenters. The first-order chi connectivity index (χ1) is 29.8. The topological polar surface area (TPSA) is 23.9 Å². The Bertz CT molecular complexity index is 2940. The first kappa shape index (κ1) is 39.4. The van der Waals surface area contributed by atoms with Gasteiger partial charge in [0.05, 0.1) is 5.41 Å². The summed E-state index contributed by atoms with van der Waals surface area (Å²) >= 11 is 0. The Morgan fingerprint density at radius 1 is 0.426 bits per heavy atom. The first-order valence-electron chi connectivity index (χ1n) is 21.5. The molecule has 61 heavy (non-hydrogen) atoms. The Balaban J connectivity index is 0.000000185. The van der Waals surface area contributed by atoms with Crippen molar-refractivity contribution in [3.8, 4) is 33.4 Å². The minimum atomic E-state index is -0.436. The van der Waals surface area contributed by atoms with E-state index in [-0.39, 0.29) is 5.41 Å². The van der Waals surface area contributed by atoms with Crippen LogP contribution in [0.3, 0.4) is 0 Å². The third kappa shape index (κ3) is 7.01. The summed E-state index contributed by atoms with van der Waals surface area (Å²) in [4.78, 5) is 0. The number of benzene rings is 9. The van der Waals surface area contributed by atoms with E-state index < -0.39 is 5.41 Å². The molecule has 0 bridgehead atoms. The fourth-order valence-electron chi connectivity index (χ4n) is 9.75. The van der Waals surface area contributed by atoms with Crippen molar-refractivity contribution in [2.24, 2.45) is 0 Å². The summed E-state index contributed by atoms with van der Waals surface area (Å²) in [5, 5.41) is 10.9. The van der Waals surface area contributed by atoms with Crippen LogP contribution in [0.25, 0.3) is 44.2 Å². The van der Waals surface area contributed by atoms with Crippen molar-refractivity contribution < 1.29 is 0 Å². The smallest absolute Gasteiger partial charge is 0.0719 e. The van der Waals surface area contributed by atoms with Crippen molar-refractivity contribution >= 4 is 17.0 Å². The fraction of sp³-hybridized carbons (Fsp3) is 0.117. The zero-order valence-electron chi connectivity index (χ0n) is 35.5. The van der Waals surface area contributed by atoms with Gasteiger partial charge in [0.25, 0.3) is 0 Å². The molecule has 296 valence electrons. The maximum atomic E-state index is 8.39. The molecule has 0 aliphatic heterocycles. The number of fused-ring (bicyclic) bond motifs is 10. The van der Waals surface area contributed by atoms with Gasteiger partial charge in [-0.3, -0.25) is 0 Å². The van der Waals surface area contributed by atoms with Crippen LogP contribution in [0, 0.1) is 12.3 Å². The summed E-state index contributed by atoms with van der Waals surface area (Å²) in [6.45, 7) is 8.97. The summed E-state index contributed by atoms with van der Waals surface area (Å²) in [6.07, 6.45) is 2.63. The lowest BCUT2D eigenvalue weighted by atomic mass is 9.55. The van der Waals surface area contributed by atoms with Crippen LogP contribution in [0.4, 0.5) is 0 Å². The molecule has 2 aliphatic carbocycles. The van der Waals surface area contributed by atoms with Crippen molar-refractivity contribution in [3.63, 3.8) is 0 Å². The lowest BCUT2D eigenvalue weighted by Gasteiger charge is -2.46. The molecule has 0 saturated heterocycles. The largest absolute Gasteiger partial charge is 0.308 e. The zero-order chi connectivity index (χ0) is 42.0. The standard InChI is InChI=1S/C39H29N.C14H14.C7H8/c1-38(2)32-13-5-7-15-34(32)39(35-16-8-6-14-33(35)38)31-21-20-28(27-19-18-25-10-3-4-11-26(25)22-27)23-30(31)37-29(24-40)12-9-17-36(37)39;1-2-12-8-10-14(11-9-12)13-6-4-3-5-7-13;1-7-5-3-2-4-6-7/h3-24,40H,1-2H3;3-11H,2H2,1H3;2-6H,1H3. The lowest BCUT2D eigenvalue weighted by Crippen LogP contribution is -2.40. The number of aryl methyl sites for hydroxylation is 2. The van der Waals surface area contributed by atoms with E-state index in [1.54, 1.807) is 0 Å². The molecule has 0 aromatic heterocycles. The highest BCUT2D eigenvalue weighted by molar-refractivity contribution is 5.99. The van der Waals surface area contributed by atoms with Crippen LogP contribution in [0.2, 0.25) is 0 Å². The third-order valence-corrected chi connectivity index (χ3v) is 12.9. The normalized spacial score (nSPS) is 13.3. The summed E-state index contributed by atoms with van der Waals surface area (Å²) in [5.41, 5.74) is 18.5. The van der Waals surface area contributed by atoms with Gasteiger partial charge in [0.2, 0.25) is 0 Å². The van der Waals surface area contributed by atoms with Gasteiger partial charge < -0.3 is 5.41 Å². The summed E-state index contributed by atoms with van der Waals surface area (Å²) in [6, 6.07) is 76.3. The molecule has 11 rings (SSSR count). The van der Waals surface area contributed by atoms with Gasteiger partial charge in [-0.1, -0.05) is 227 Å². The molecule has 0 fully saturated rings. The molecule has 1 spiro atoms. The van der Waals surface area contributed by atoms with Crippen LogP contribution in [0.5, 0.6) is 0 Å². The molecule has 0 atom stereocenters. The molecule has 0 heterocycles. The van der Waals surface area contributed by atoms with Crippen LogP contribution < -0.4 is 0 Å². The van der Waals surface area contributed by atoms with Gasteiger partial charge in [0.15, 0.2) is 0 Å². The van der Waals surface area contributed by atoms with Crippen LogP contribution in [-0.2, 0) is 17.3 Å². The highest BCUT2D eigenvalue weighted by atomic mass is 14.5. The molecule has 1 N–H and O–H groups in total. The monoisotopic (exact) mass is 785 g/mol. The molecule has 9 aromatic rings. The maximum Gasteiger partial charge on any atom is 0.0719 e. The van der Waals surface area contributed by atoms with Crippen molar-refractivity contribution in [2.75, 3.05) is 0 Å². The van der Waals surface area contributed by atoms with Gasteiger partial charge in [0, 0.05) is 17.2 Å². The van der Waals surface area contributed by atoms with E-state index >= 15 is 0 Å². The van der Waals surface area contributed by atoms with Crippen LogP contribution in [0.15, 0.2) is 212 Å². The molecule has 9 aromatic carbocycles. The van der Waals surface area contributed by atoms with Crippen LogP contribution in [-0.4, -0.2) is 6.21 Å². The van der Waals surface area contributed by atoms with Gasteiger partial charge in [0.1, 0.15) is 0 Å². The van der Waals surface area contributed by atoms with Gasteiger partial charge in [-0.15, -0.1) is 0 Å². The molecule has 0 amide bonds. The molecular formula is C60H51N. The van der Waals surface area contributed by atoms with Gasteiger partial charge in [-0.25, -0.2) is 0 Å². The number of hydrogen-bond donors (Lipinski definition) is 1. The van der Waals surface area contributed by atoms with Gasteiger partial charge >= 0.3 is 0 Å². The highest BCUT2D eigenvalue weighted by Crippen LogP contribution is 2.62. The number of rotatable bonds is 4. The Kier molecular flexibility index (Phi) is 10.7. The van der Waals surface area contributed by atoms with E-state index in [0.29, 0.717) is 0 Å². The lowest BCUT2D eigenvalue weighted by molar-refractivity contribution is 0.563. The minimum absolute atomic E-state index is 0.119. The average molecular weight is 786 g/mol. The van der Waals surface area contributed by atoms with Gasteiger partial charge in [-0.05, 0) is 109 Å². The second-order valence-electron chi connectivity index (χ2n) is 16.8. The fourth-order valence-corrected chi connectivity index (χ4v) is 9.75. The average Bonchev–Trinajstić information content (AvgIpc) is 3.62. The Hall–Kier alpha value is -7.09. The molecule has 1 nitrogen and oxygen atoms in total. The van der Waals surface area contributed by atoms with E-state index in [2.05, 4.69) is 216 Å². The SMILES string of the molecule is CC1(C)c2ccccc2C2(c3ccc(-c4ccc5ccccc5c4)cc3-c3c(C=N)cccc32)c2ccccc21.CCc1ccc(-c2ccccc2)cc1.Cc1ccccc1. The molecule has 0 saturated carbocycles. The Morgan fingerprint density at radius 3 is 1.54 bits per heavy atom. The second kappa shape index (κ2) is 16.5.